The Labute approximate surface area is 147 Å². The Balaban J connectivity index is 1.66. The SMILES string of the molecule is CCOc1ccc(N2CC(NC(=O)c3ccccc3C)CC2=O)cc1. The van der Waals surface area contributed by atoms with Gasteiger partial charge in [0.25, 0.3) is 5.91 Å². The Bertz CT molecular complexity index is 771. The highest BCUT2D eigenvalue weighted by Gasteiger charge is 2.31. The molecule has 0 saturated carbocycles. The molecule has 5 nitrogen and oxygen atoms in total. The van der Waals surface area contributed by atoms with Gasteiger partial charge in [-0.15, -0.1) is 0 Å². The maximum Gasteiger partial charge on any atom is 0.251 e. The van der Waals surface area contributed by atoms with Crippen molar-refractivity contribution in [2.75, 3.05) is 18.1 Å². The van der Waals surface area contributed by atoms with Gasteiger partial charge in [-0.2, -0.15) is 0 Å². The maximum atomic E-state index is 12.4. The molecular weight excluding hydrogens is 316 g/mol. The molecule has 3 rings (SSSR count). The van der Waals surface area contributed by atoms with Crippen molar-refractivity contribution in [3.63, 3.8) is 0 Å². The van der Waals surface area contributed by atoms with Crippen LogP contribution in [0.25, 0.3) is 0 Å². The van der Waals surface area contributed by atoms with Crippen molar-refractivity contribution in [1.82, 2.24) is 5.32 Å². The smallest absolute Gasteiger partial charge is 0.251 e. The number of benzene rings is 2. The third-order valence-electron chi connectivity index (χ3n) is 4.31. The van der Waals surface area contributed by atoms with Crippen LogP contribution in [0.1, 0.15) is 29.3 Å². The van der Waals surface area contributed by atoms with Crippen molar-refractivity contribution in [2.24, 2.45) is 0 Å². The number of nitrogens with one attached hydrogen (secondary N) is 1. The van der Waals surface area contributed by atoms with Gasteiger partial charge in [0.15, 0.2) is 0 Å². The standard InChI is InChI=1S/C20H22N2O3/c1-3-25-17-10-8-16(9-11-17)22-13-15(12-19(22)23)21-20(24)18-7-5-4-6-14(18)2/h4-11,15H,3,12-13H2,1-2H3,(H,21,24). The summed E-state index contributed by atoms with van der Waals surface area (Å²) in [6, 6.07) is 14.7. The molecule has 0 radical (unpaired) electrons. The number of ether oxygens (including phenoxy) is 1. The van der Waals surface area contributed by atoms with Gasteiger partial charge < -0.3 is 15.0 Å². The molecule has 0 aromatic heterocycles. The van der Waals surface area contributed by atoms with Crippen molar-refractivity contribution in [3.8, 4) is 5.75 Å². The van der Waals surface area contributed by atoms with Gasteiger partial charge in [-0.25, -0.2) is 0 Å². The minimum absolute atomic E-state index is 0.0132. The van der Waals surface area contributed by atoms with Crippen LogP contribution in [-0.4, -0.2) is 31.0 Å². The number of hydrogen-bond acceptors (Lipinski definition) is 3. The van der Waals surface area contributed by atoms with E-state index in [-0.39, 0.29) is 17.9 Å². The van der Waals surface area contributed by atoms with Gasteiger partial charge in [0.2, 0.25) is 5.91 Å². The second kappa shape index (κ2) is 7.38. The fraction of sp³-hybridized carbons (Fsp3) is 0.300. The fourth-order valence-corrected chi connectivity index (χ4v) is 3.03. The lowest BCUT2D eigenvalue weighted by molar-refractivity contribution is -0.117. The number of amides is 2. The van der Waals surface area contributed by atoms with Crippen LogP contribution in [0.5, 0.6) is 5.75 Å². The summed E-state index contributed by atoms with van der Waals surface area (Å²) in [7, 11) is 0. The molecular formula is C20H22N2O3. The molecule has 1 unspecified atom stereocenters. The summed E-state index contributed by atoms with van der Waals surface area (Å²) in [5.41, 5.74) is 2.39. The maximum absolute atomic E-state index is 12.4. The van der Waals surface area contributed by atoms with Crippen LogP contribution in [0.15, 0.2) is 48.5 Å². The second-order valence-corrected chi connectivity index (χ2v) is 6.12. The molecule has 1 N–H and O–H groups in total. The topological polar surface area (TPSA) is 58.6 Å². The first-order valence-corrected chi connectivity index (χ1v) is 8.48. The van der Waals surface area contributed by atoms with Crippen molar-refractivity contribution in [3.05, 3.63) is 59.7 Å². The van der Waals surface area contributed by atoms with Crippen LogP contribution in [0.3, 0.4) is 0 Å². The normalized spacial score (nSPS) is 16.8. The third-order valence-corrected chi connectivity index (χ3v) is 4.31. The first-order valence-electron chi connectivity index (χ1n) is 8.48. The molecule has 2 amide bonds. The highest BCUT2D eigenvalue weighted by Crippen LogP contribution is 2.24. The van der Waals surface area contributed by atoms with Crippen molar-refractivity contribution in [1.29, 1.82) is 0 Å². The summed E-state index contributed by atoms with van der Waals surface area (Å²) >= 11 is 0. The molecule has 2 aromatic carbocycles. The van der Waals surface area contributed by atoms with Crippen LogP contribution < -0.4 is 15.0 Å². The van der Waals surface area contributed by atoms with Gasteiger partial charge in [0.1, 0.15) is 5.75 Å². The van der Waals surface area contributed by atoms with E-state index in [2.05, 4.69) is 5.32 Å². The van der Waals surface area contributed by atoms with E-state index in [4.69, 9.17) is 4.74 Å². The second-order valence-electron chi connectivity index (χ2n) is 6.12. The number of rotatable bonds is 5. The van der Waals surface area contributed by atoms with Gasteiger partial charge in [-0.1, -0.05) is 18.2 Å². The van der Waals surface area contributed by atoms with Crippen molar-refractivity contribution >= 4 is 17.5 Å². The molecule has 0 bridgehead atoms. The Hall–Kier alpha value is -2.82. The van der Waals surface area contributed by atoms with Gasteiger partial charge in [-0.05, 0) is 49.7 Å². The van der Waals surface area contributed by atoms with Crippen LogP contribution in [0.4, 0.5) is 5.69 Å². The van der Waals surface area contributed by atoms with Gasteiger partial charge >= 0.3 is 0 Å². The number of carbonyl (C=O) groups is 2. The van der Waals surface area contributed by atoms with Gasteiger partial charge in [0, 0.05) is 24.2 Å². The molecule has 5 heteroatoms. The summed E-state index contributed by atoms with van der Waals surface area (Å²) < 4.78 is 5.42. The van der Waals surface area contributed by atoms with Crippen LogP contribution in [0, 0.1) is 6.92 Å². The summed E-state index contributed by atoms with van der Waals surface area (Å²) in [6.45, 7) is 4.92. The van der Waals surface area contributed by atoms with E-state index in [1.54, 1.807) is 11.0 Å². The first-order chi connectivity index (χ1) is 12.1. The summed E-state index contributed by atoms with van der Waals surface area (Å²) in [5.74, 6) is 0.658. The molecule has 1 atom stereocenters. The molecule has 1 fully saturated rings. The highest BCUT2D eigenvalue weighted by molar-refractivity contribution is 5.99. The number of hydrogen-bond donors (Lipinski definition) is 1. The predicted octanol–water partition coefficient (Wildman–Crippen LogP) is 2.93. The molecule has 25 heavy (non-hydrogen) atoms. The molecule has 1 saturated heterocycles. The summed E-state index contributed by atoms with van der Waals surface area (Å²) in [6.07, 6.45) is 0.310. The van der Waals surface area contributed by atoms with Crippen LogP contribution in [-0.2, 0) is 4.79 Å². The largest absolute Gasteiger partial charge is 0.494 e. The van der Waals surface area contributed by atoms with E-state index < -0.39 is 0 Å². The van der Waals surface area contributed by atoms with E-state index in [0.717, 1.165) is 17.0 Å². The molecule has 0 spiro atoms. The lowest BCUT2D eigenvalue weighted by Crippen LogP contribution is -2.37. The average Bonchev–Trinajstić information content (AvgIpc) is 2.96. The Morgan fingerprint density at radius 3 is 2.60 bits per heavy atom. The number of nitrogens with zero attached hydrogens (tertiary/aromatic N) is 1. The van der Waals surface area contributed by atoms with Gasteiger partial charge in [-0.3, -0.25) is 9.59 Å². The lowest BCUT2D eigenvalue weighted by atomic mass is 10.1. The van der Waals surface area contributed by atoms with E-state index in [1.165, 1.54) is 0 Å². The van der Waals surface area contributed by atoms with E-state index >= 15 is 0 Å². The number of anilines is 1. The van der Waals surface area contributed by atoms with Crippen LogP contribution >= 0.6 is 0 Å². The van der Waals surface area contributed by atoms with Crippen molar-refractivity contribution < 1.29 is 14.3 Å². The Morgan fingerprint density at radius 1 is 1.20 bits per heavy atom. The summed E-state index contributed by atoms with van der Waals surface area (Å²) in [4.78, 5) is 26.5. The monoisotopic (exact) mass is 338 g/mol. The van der Waals surface area contributed by atoms with Crippen LogP contribution in [0.2, 0.25) is 0 Å². The predicted molar refractivity (Wildman–Crippen MR) is 97.0 cm³/mol. The zero-order valence-corrected chi connectivity index (χ0v) is 14.5. The Morgan fingerprint density at radius 2 is 1.92 bits per heavy atom. The molecule has 1 aliphatic heterocycles. The molecule has 0 aliphatic carbocycles. The molecule has 1 heterocycles. The lowest BCUT2D eigenvalue weighted by Gasteiger charge is -2.18. The molecule has 1 aliphatic rings. The fourth-order valence-electron chi connectivity index (χ4n) is 3.03. The number of carbonyl (C=O) groups excluding carboxylic acids is 2. The van der Waals surface area contributed by atoms with Gasteiger partial charge in [0.05, 0.1) is 12.6 Å². The quantitative estimate of drug-likeness (QED) is 0.912. The van der Waals surface area contributed by atoms with E-state index in [1.807, 2.05) is 56.3 Å². The minimum Gasteiger partial charge on any atom is -0.494 e. The first kappa shape index (κ1) is 17.0. The average molecular weight is 338 g/mol. The summed E-state index contributed by atoms with van der Waals surface area (Å²) in [5, 5.41) is 2.97. The molecule has 130 valence electrons. The van der Waals surface area contributed by atoms with E-state index in [0.29, 0.717) is 25.1 Å². The third kappa shape index (κ3) is 3.82. The number of aryl methyl sites for hydroxylation is 1. The zero-order valence-electron chi connectivity index (χ0n) is 14.5. The zero-order chi connectivity index (χ0) is 17.8. The van der Waals surface area contributed by atoms with Crippen molar-refractivity contribution in [2.45, 2.75) is 26.3 Å². The molecule has 2 aromatic rings. The Kier molecular flexibility index (Phi) is 5.03. The highest BCUT2D eigenvalue weighted by atomic mass is 16.5. The van der Waals surface area contributed by atoms with E-state index in [9.17, 15) is 9.59 Å². The minimum atomic E-state index is -0.189.